The number of rotatable bonds is 4. The topological polar surface area (TPSA) is 68.0 Å². The Kier molecular flexibility index (Phi) is 3.56. The van der Waals surface area contributed by atoms with Gasteiger partial charge in [0, 0.05) is 11.6 Å². The van der Waals surface area contributed by atoms with Crippen LogP contribution in [-0.4, -0.2) is 25.8 Å². The normalized spacial score (nSPS) is 14.4. The van der Waals surface area contributed by atoms with Gasteiger partial charge in [-0.25, -0.2) is 18.9 Å². The van der Waals surface area contributed by atoms with Crippen LogP contribution >= 0.6 is 0 Å². The molecular formula is C19H18FN3O2. The highest BCUT2D eigenvalue weighted by molar-refractivity contribution is 6.03. The minimum Gasteiger partial charge on any atom is -0.478 e. The zero-order valence-corrected chi connectivity index (χ0v) is 14.0. The van der Waals surface area contributed by atoms with Crippen molar-refractivity contribution >= 4 is 17.0 Å². The van der Waals surface area contributed by atoms with Gasteiger partial charge in [-0.15, -0.1) is 0 Å². The van der Waals surface area contributed by atoms with Gasteiger partial charge in [0.15, 0.2) is 5.65 Å². The number of pyridine rings is 1. The number of aromatic carboxylic acids is 1. The van der Waals surface area contributed by atoms with Crippen molar-refractivity contribution in [3.8, 4) is 5.69 Å². The molecule has 0 amide bonds. The molecule has 1 N–H and O–H groups in total. The summed E-state index contributed by atoms with van der Waals surface area (Å²) >= 11 is 0. The van der Waals surface area contributed by atoms with Crippen molar-refractivity contribution in [1.29, 1.82) is 0 Å². The predicted octanol–water partition coefficient (Wildman–Crippen LogP) is 4.26. The molecule has 2 heterocycles. The lowest BCUT2D eigenvalue weighted by molar-refractivity contribution is 0.0698. The minimum atomic E-state index is -0.977. The van der Waals surface area contributed by atoms with E-state index in [0.717, 1.165) is 18.5 Å². The van der Waals surface area contributed by atoms with E-state index in [1.165, 1.54) is 12.1 Å². The first kappa shape index (κ1) is 15.7. The largest absolute Gasteiger partial charge is 0.478 e. The Hall–Kier alpha value is -2.76. The Labute approximate surface area is 144 Å². The Balaban J connectivity index is 2.06. The first-order valence-corrected chi connectivity index (χ1v) is 8.38. The van der Waals surface area contributed by atoms with Gasteiger partial charge in [-0.05, 0) is 49.1 Å². The molecule has 4 rings (SSSR count). The summed E-state index contributed by atoms with van der Waals surface area (Å²) in [7, 11) is 0. The second-order valence-corrected chi connectivity index (χ2v) is 6.80. The average molecular weight is 339 g/mol. The van der Waals surface area contributed by atoms with Gasteiger partial charge in [0.1, 0.15) is 5.82 Å². The third-order valence-electron chi connectivity index (χ3n) is 4.54. The second kappa shape index (κ2) is 5.65. The number of hydrogen-bond acceptors (Lipinski definition) is 3. The van der Waals surface area contributed by atoms with E-state index in [4.69, 9.17) is 4.98 Å². The smallest absolute Gasteiger partial charge is 0.336 e. The number of fused-ring (bicyclic) bond motifs is 1. The van der Waals surface area contributed by atoms with Crippen molar-refractivity contribution in [2.45, 2.75) is 38.5 Å². The maximum atomic E-state index is 13.3. The summed E-state index contributed by atoms with van der Waals surface area (Å²) in [4.78, 5) is 16.6. The van der Waals surface area contributed by atoms with Crippen molar-refractivity contribution in [3.05, 3.63) is 53.1 Å². The Morgan fingerprint density at radius 1 is 1.28 bits per heavy atom. The Morgan fingerprint density at radius 3 is 2.52 bits per heavy atom. The lowest BCUT2D eigenvalue weighted by Crippen LogP contribution is -2.05. The molecule has 0 radical (unpaired) electrons. The molecule has 128 valence electrons. The number of carbonyl (C=O) groups is 1. The van der Waals surface area contributed by atoms with E-state index in [9.17, 15) is 14.3 Å². The Bertz CT molecular complexity index is 972. The highest BCUT2D eigenvalue weighted by atomic mass is 19.1. The molecule has 2 aromatic heterocycles. The van der Waals surface area contributed by atoms with Crippen LogP contribution < -0.4 is 0 Å². The van der Waals surface area contributed by atoms with E-state index in [1.807, 2.05) is 13.8 Å². The van der Waals surface area contributed by atoms with Crippen LogP contribution in [-0.2, 0) is 0 Å². The van der Waals surface area contributed by atoms with E-state index in [0.29, 0.717) is 22.4 Å². The summed E-state index contributed by atoms with van der Waals surface area (Å²) in [5.74, 6) is -0.947. The maximum Gasteiger partial charge on any atom is 0.336 e. The fourth-order valence-corrected chi connectivity index (χ4v) is 3.03. The summed E-state index contributed by atoms with van der Waals surface area (Å²) in [6.07, 6.45) is 2.00. The molecule has 1 aliphatic carbocycles. The lowest BCUT2D eigenvalue weighted by Gasteiger charge is -2.09. The SMILES string of the molecule is CC(C)c1cc(C(=O)O)c2c(C3CC3)nn(-c3ccc(F)cc3)c2n1. The monoisotopic (exact) mass is 339 g/mol. The molecule has 0 bridgehead atoms. The number of nitrogens with zero attached hydrogens (tertiary/aromatic N) is 3. The highest BCUT2D eigenvalue weighted by Crippen LogP contribution is 2.43. The predicted molar refractivity (Wildman–Crippen MR) is 91.8 cm³/mol. The fraction of sp³-hybridized carbons (Fsp3) is 0.316. The van der Waals surface area contributed by atoms with E-state index >= 15 is 0 Å². The lowest BCUT2D eigenvalue weighted by atomic mass is 10.0. The quantitative estimate of drug-likeness (QED) is 0.771. The van der Waals surface area contributed by atoms with Crippen LogP contribution in [0.25, 0.3) is 16.7 Å². The second-order valence-electron chi connectivity index (χ2n) is 6.80. The van der Waals surface area contributed by atoms with Crippen LogP contribution in [0.3, 0.4) is 0 Å². The molecule has 1 aromatic carbocycles. The highest BCUT2D eigenvalue weighted by Gasteiger charge is 2.32. The van der Waals surface area contributed by atoms with Crippen LogP contribution in [0, 0.1) is 5.82 Å². The van der Waals surface area contributed by atoms with Crippen LogP contribution in [0.5, 0.6) is 0 Å². The molecule has 0 spiro atoms. The number of carboxylic acid groups (broad SMARTS) is 1. The van der Waals surface area contributed by atoms with Crippen LogP contribution in [0.4, 0.5) is 4.39 Å². The molecule has 0 unspecified atom stereocenters. The zero-order valence-electron chi connectivity index (χ0n) is 14.0. The molecule has 3 aromatic rings. The molecule has 1 fully saturated rings. The summed E-state index contributed by atoms with van der Waals surface area (Å²) in [6.45, 7) is 3.94. The van der Waals surface area contributed by atoms with E-state index < -0.39 is 5.97 Å². The third-order valence-corrected chi connectivity index (χ3v) is 4.54. The van der Waals surface area contributed by atoms with Gasteiger partial charge in [-0.3, -0.25) is 0 Å². The fourth-order valence-electron chi connectivity index (χ4n) is 3.03. The molecular weight excluding hydrogens is 321 g/mol. The number of benzene rings is 1. The molecule has 5 nitrogen and oxygen atoms in total. The van der Waals surface area contributed by atoms with Crippen molar-refractivity contribution in [1.82, 2.24) is 14.8 Å². The number of aromatic nitrogens is 3. The number of hydrogen-bond donors (Lipinski definition) is 1. The van der Waals surface area contributed by atoms with E-state index in [1.54, 1.807) is 22.9 Å². The van der Waals surface area contributed by atoms with Gasteiger partial charge in [-0.1, -0.05) is 13.8 Å². The minimum absolute atomic E-state index is 0.0865. The first-order valence-electron chi connectivity index (χ1n) is 8.38. The van der Waals surface area contributed by atoms with Crippen molar-refractivity contribution in [3.63, 3.8) is 0 Å². The van der Waals surface area contributed by atoms with Gasteiger partial charge in [0.2, 0.25) is 0 Å². The van der Waals surface area contributed by atoms with Crippen molar-refractivity contribution in [2.24, 2.45) is 0 Å². The van der Waals surface area contributed by atoms with Gasteiger partial charge in [0.25, 0.3) is 0 Å². The molecule has 6 heteroatoms. The van der Waals surface area contributed by atoms with Gasteiger partial charge in [0.05, 0.1) is 22.3 Å². The zero-order chi connectivity index (χ0) is 17.7. The summed E-state index contributed by atoms with van der Waals surface area (Å²) in [6, 6.07) is 7.64. The molecule has 0 aliphatic heterocycles. The van der Waals surface area contributed by atoms with E-state index in [2.05, 4.69) is 5.10 Å². The molecule has 1 saturated carbocycles. The summed E-state index contributed by atoms with van der Waals surface area (Å²) in [5, 5.41) is 15.0. The molecule has 25 heavy (non-hydrogen) atoms. The van der Waals surface area contributed by atoms with Gasteiger partial charge < -0.3 is 5.11 Å². The first-order chi connectivity index (χ1) is 12.0. The number of carboxylic acids is 1. The summed E-state index contributed by atoms with van der Waals surface area (Å²) < 4.78 is 14.9. The summed E-state index contributed by atoms with van der Waals surface area (Å²) in [5.41, 5.74) is 2.92. The molecule has 0 atom stereocenters. The van der Waals surface area contributed by atoms with Crippen LogP contribution in [0.1, 0.15) is 60.3 Å². The Morgan fingerprint density at radius 2 is 1.96 bits per heavy atom. The maximum absolute atomic E-state index is 13.3. The van der Waals surface area contributed by atoms with Gasteiger partial charge in [-0.2, -0.15) is 5.10 Å². The number of halogens is 1. The third kappa shape index (κ3) is 2.67. The van der Waals surface area contributed by atoms with Crippen LogP contribution in [0.2, 0.25) is 0 Å². The van der Waals surface area contributed by atoms with Crippen molar-refractivity contribution in [2.75, 3.05) is 0 Å². The van der Waals surface area contributed by atoms with E-state index in [-0.39, 0.29) is 23.2 Å². The average Bonchev–Trinajstić information content (AvgIpc) is 3.35. The molecule has 0 saturated heterocycles. The van der Waals surface area contributed by atoms with Crippen molar-refractivity contribution < 1.29 is 14.3 Å². The molecule has 1 aliphatic rings. The van der Waals surface area contributed by atoms with Crippen LogP contribution in [0.15, 0.2) is 30.3 Å². The van der Waals surface area contributed by atoms with Gasteiger partial charge >= 0.3 is 5.97 Å². The standard InChI is InChI=1S/C19H18FN3O2/c1-10(2)15-9-14(19(24)25)16-17(11-3-4-11)22-23(18(16)21-15)13-7-5-12(20)6-8-13/h5-11H,3-4H2,1-2H3,(H,24,25).